The number of methoxy groups -OCH3 is 1. The first-order valence-electron chi connectivity index (χ1n) is 9.99. The molecule has 4 rings (SSSR count). The van der Waals surface area contributed by atoms with Gasteiger partial charge in [-0.1, -0.05) is 12.1 Å². The van der Waals surface area contributed by atoms with Gasteiger partial charge in [0.05, 0.1) is 29.8 Å². The number of nitrogens with zero attached hydrogens (tertiary/aromatic N) is 1. The summed E-state index contributed by atoms with van der Waals surface area (Å²) in [6, 6.07) is 14.3. The van der Waals surface area contributed by atoms with Crippen LogP contribution in [-0.4, -0.2) is 32.6 Å². The quantitative estimate of drug-likeness (QED) is 0.571. The Bertz CT molecular complexity index is 1470. The molecule has 3 aromatic carbocycles. The molecule has 0 aromatic heterocycles. The number of hydrogen-bond donors (Lipinski definition) is 1. The third kappa shape index (κ3) is 4.19. The minimum absolute atomic E-state index is 0.0271. The molecule has 1 aliphatic heterocycles. The minimum atomic E-state index is -4.32. The van der Waals surface area contributed by atoms with E-state index in [-0.39, 0.29) is 21.0 Å². The van der Waals surface area contributed by atoms with Crippen LogP contribution in [0.4, 0.5) is 4.39 Å². The van der Waals surface area contributed by atoms with E-state index in [9.17, 15) is 22.7 Å². The third-order valence-corrected chi connectivity index (χ3v) is 7.12. The van der Waals surface area contributed by atoms with Gasteiger partial charge in [0.2, 0.25) is 9.84 Å². The van der Waals surface area contributed by atoms with Crippen LogP contribution in [0.1, 0.15) is 13.3 Å². The number of carboxylic acid groups (broad SMARTS) is 1. The molecule has 1 N–H and O–H groups in total. The molecule has 9 heteroatoms. The summed E-state index contributed by atoms with van der Waals surface area (Å²) in [6.07, 6.45) is -0.435. The van der Waals surface area contributed by atoms with Crippen LogP contribution in [0.25, 0.3) is 5.57 Å². The molecule has 1 atom stereocenters. The number of aliphatic carboxylic acids is 1. The van der Waals surface area contributed by atoms with E-state index in [1.54, 1.807) is 31.2 Å². The Labute approximate surface area is 189 Å². The van der Waals surface area contributed by atoms with Crippen LogP contribution in [0.2, 0.25) is 0 Å². The standard InChI is InChI=1S/C24H20FNO6S/c1-14-17(13-22(27)28)23-19(26-14)12-11-18(25)24(23)33(29,30)16-9-7-15(8-10-16)32-21-6-4-3-5-20(21)31-2/h3-12,14H,13H2,1-2H3,(H,27,28). The minimum Gasteiger partial charge on any atom is -0.493 e. The number of ether oxygens (including phenoxy) is 2. The topological polar surface area (TPSA) is 102 Å². The molecule has 3 aromatic rings. The summed E-state index contributed by atoms with van der Waals surface area (Å²) in [7, 11) is -2.81. The zero-order valence-electron chi connectivity index (χ0n) is 17.8. The second kappa shape index (κ2) is 8.67. The Hall–Kier alpha value is -3.72. The summed E-state index contributed by atoms with van der Waals surface area (Å²) >= 11 is 0. The number of carbonyl (C=O) groups is 1. The Kier molecular flexibility index (Phi) is 5.90. The van der Waals surface area contributed by atoms with Crippen LogP contribution in [0.5, 0.6) is 17.2 Å². The molecule has 0 aliphatic carbocycles. The van der Waals surface area contributed by atoms with Crippen molar-refractivity contribution in [3.05, 3.63) is 77.1 Å². The molecular formula is C24H20FNO6S. The summed E-state index contributed by atoms with van der Waals surface area (Å²) in [4.78, 5) is 14.9. The summed E-state index contributed by atoms with van der Waals surface area (Å²) in [5.41, 5.74) is 0.256. The van der Waals surface area contributed by atoms with E-state index in [2.05, 4.69) is 4.99 Å². The molecule has 1 unspecified atom stereocenters. The SMILES string of the molecule is COc1ccccc1Oc1ccc(S(=O)(=O)c2c(F)ccc3c2=C(CC(=O)O)C(C)N=3)cc1. The Morgan fingerprint density at radius 3 is 2.36 bits per heavy atom. The molecule has 33 heavy (non-hydrogen) atoms. The fourth-order valence-corrected chi connectivity index (χ4v) is 5.32. The van der Waals surface area contributed by atoms with Crippen LogP contribution in [0.3, 0.4) is 0 Å². The van der Waals surface area contributed by atoms with Crippen LogP contribution in [0.15, 0.2) is 75.4 Å². The van der Waals surface area contributed by atoms with Crippen molar-refractivity contribution in [2.24, 2.45) is 4.99 Å². The highest BCUT2D eigenvalue weighted by Crippen LogP contribution is 2.32. The number of fused-ring (bicyclic) bond motifs is 1. The molecule has 0 spiro atoms. The summed E-state index contributed by atoms with van der Waals surface area (Å²) in [6.45, 7) is 1.65. The fraction of sp³-hybridized carbons (Fsp3) is 0.167. The molecule has 1 aliphatic rings. The van der Waals surface area contributed by atoms with E-state index in [4.69, 9.17) is 9.47 Å². The lowest BCUT2D eigenvalue weighted by Crippen LogP contribution is -2.32. The molecular weight excluding hydrogens is 449 g/mol. The van der Waals surface area contributed by atoms with Crippen molar-refractivity contribution in [2.45, 2.75) is 29.2 Å². The van der Waals surface area contributed by atoms with Gasteiger partial charge in [0.25, 0.3) is 0 Å². The maximum Gasteiger partial charge on any atom is 0.307 e. The lowest BCUT2D eigenvalue weighted by Gasteiger charge is -2.12. The highest BCUT2D eigenvalue weighted by Gasteiger charge is 2.29. The Balaban J connectivity index is 1.78. The van der Waals surface area contributed by atoms with Gasteiger partial charge in [0, 0.05) is 5.22 Å². The van der Waals surface area contributed by atoms with Gasteiger partial charge < -0.3 is 14.6 Å². The van der Waals surface area contributed by atoms with Gasteiger partial charge in [0.15, 0.2) is 11.5 Å². The maximum atomic E-state index is 14.9. The van der Waals surface area contributed by atoms with Crippen molar-refractivity contribution >= 4 is 21.4 Å². The molecule has 0 radical (unpaired) electrons. The molecule has 170 valence electrons. The molecule has 0 saturated heterocycles. The van der Waals surface area contributed by atoms with Gasteiger partial charge in [0.1, 0.15) is 16.5 Å². The van der Waals surface area contributed by atoms with Crippen LogP contribution in [-0.2, 0) is 14.6 Å². The first-order valence-corrected chi connectivity index (χ1v) is 11.5. The van der Waals surface area contributed by atoms with Crippen LogP contribution in [0, 0.1) is 5.82 Å². The first-order chi connectivity index (χ1) is 15.7. The zero-order chi connectivity index (χ0) is 23.8. The van der Waals surface area contributed by atoms with Crippen LogP contribution < -0.4 is 20.0 Å². The molecule has 0 fully saturated rings. The average Bonchev–Trinajstić information content (AvgIpc) is 3.08. The second-order valence-electron chi connectivity index (χ2n) is 7.40. The van der Waals surface area contributed by atoms with Crippen molar-refractivity contribution in [2.75, 3.05) is 7.11 Å². The Morgan fingerprint density at radius 2 is 1.73 bits per heavy atom. The number of sulfone groups is 1. The van der Waals surface area contributed by atoms with Crippen molar-refractivity contribution in [1.29, 1.82) is 0 Å². The van der Waals surface area contributed by atoms with E-state index in [1.807, 2.05) is 0 Å². The highest BCUT2D eigenvalue weighted by molar-refractivity contribution is 7.91. The maximum absolute atomic E-state index is 14.9. The van der Waals surface area contributed by atoms with Gasteiger partial charge in [-0.25, -0.2) is 12.8 Å². The number of para-hydroxylation sites is 2. The summed E-state index contributed by atoms with van der Waals surface area (Å²) < 4.78 is 52.7. The normalized spacial score (nSPS) is 15.0. The molecule has 7 nitrogen and oxygen atoms in total. The number of benzene rings is 3. The van der Waals surface area contributed by atoms with Gasteiger partial charge >= 0.3 is 5.97 Å². The van der Waals surface area contributed by atoms with Crippen LogP contribution >= 0.6 is 0 Å². The van der Waals surface area contributed by atoms with E-state index in [0.29, 0.717) is 17.2 Å². The predicted molar refractivity (Wildman–Crippen MR) is 117 cm³/mol. The molecule has 1 heterocycles. The van der Waals surface area contributed by atoms with Gasteiger partial charge in [-0.05, 0) is 61.0 Å². The number of hydrogen-bond acceptors (Lipinski definition) is 6. The lowest BCUT2D eigenvalue weighted by atomic mass is 10.0. The zero-order valence-corrected chi connectivity index (χ0v) is 18.6. The molecule has 0 bridgehead atoms. The van der Waals surface area contributed by atoms with Crippen molar-refractivity contribution in [1.82, 2.24) is 0 Å². The summed E-state index contributed by atoms with van der Waals surface area (Å²) in [5, 5.41) is 9.54. The highest BCUT2D eigenvalue weighted by atomic mass is 32.2. The largest absolute Gasteiger partial charge is 0.493 e. The third-order valence-electron chi connectivity index (χ3n) is 5.29. The fourth-order valence-electron chi connectivity index (χ4n) is 3.76. The van der Waals surface area contributed by atoms with Crippen molar-refractivity contribution in [3.8, 4) is 17.2 Å². The van der Waals surface area contributed by atoms with E-state index < -0.39 is 39.0 Å². The Morgan fingerprint density at radius 1 is 1.06 bits per heavy atom. The van der Waals surface area contributed by atoms with Gasteiger partial charge in [-0.2, -0.15) is 0 Å². The van der Waals surface area contributed by atoms with E-state index >= 15 is 0 Å². The number of halogens is 1. The average molecular weight is 469 g/mol. The number of rotatable bonds is 7. The monoisotopic (exact) mass is 469 g/mol. The van der Waals surface area contributed by atoms with E-state index in [0.717, 1.165) is 6.07 Å². The summed E-state index contributed by atoms with van der Waals surface area (Å²) in [5.74, 6) is -0.791. The van der Waals surface area contributed by atoms with Gasteiger partial charge in [-0.3, -0.25) is 9.79 Å². The smallest absolute Gasteiger partial charge is 0.307 e. The molecule has 0 amide bonds. The number of carboxylic acids is 1. The van der Waals surface area contributed by atoms with E-state index in [1.165, 1.54) is 37.4 Å². The van der Waals surface area contributed by atoms with Crippen molar-refractivity contribution in [3.63, 3.8) is 0 Å². The second-order valence-corrected chi connectivity index (χ2v) is 9.29. The first kappa shape index (κ1) is 22.5. The van der Waals surface area contributed by atoms with Gasteiger partial charge in [-0.15, -0.1) is 0 Å². The lowest BCUT2D eigenvalue weighted by molar-refractivity contribution is -0.135. The predicted octanol–water partition coefficient (Wildman–Crippen LogP) is 3.11. The molecule has 0 saturated carbocycles. The van der Waals surface area contributed by atoms with Crippen molar-refractivity contribution < 1.29 is 32.2 Å².